The van der Waals surface area contributed by atoms with Crippen LogP contribution in [0.15, 0.2) is 72.8 Å². The van der Waals surface area contributed by atoms with Crippen LogP contribution in [0.1, 0.15) is 84.7 Å². The van der Waals surface area contributed by atoms with Crippen molar-refractivity contribution in [2.75, 3.05) is 42.9 Å². The maximum atomic E-state index is 16.5. The van der Waals surface area contributed by atoms with E-state index in [1.54, 1.807) is 48.5 Å². The van der Waals surface area contributed by atoms with Gasteiger partial charge in [-0.15, -0.1) is 11.3 Å². The summed E-state index contributed by atoms with van der Waals surface area (Å²) in [5.41, 5.74) is 3.91. The number of amides is 5. The smallest absolute Gasteiger partial charge is 0.257 e. The van der Waals surface area contributed by atoms with Gasteiger partial charge in [0, 0.05) is 128 Å². The fraction of sp³-hybridized carbons (Fsp3) is 0.408. The number of pyridine rings is 1. The van der Waals surface area contributed by atoms with E-state index in [0.29, 0.717) is 83.8 Å². The minimum atomic E-state index is -0.926. The van der Waals surface area contributed by atoms with Crippen LogP contribution < -0.4 is 25.6 Å². The van der Waals surface area contributed by atoms with Crippen molar-refractivity contribution < 1.29 is 33.1 Å². The number of imidazole rings is 1. The molecule has 69 heavy (non-hydrogen) atoms. The van der Waals surface area contributed by atoms with Gasteiger partial charge in [-0.25, -0.2) is 19.3 Å². The van der Waals surface area contributed by atoms with Crippen molar-refractivity contribution in [3.05, 3.63) is 101 Å². The van der Waals surface area contributed by atoms with Crippen LogP contribution in [0, 0.1) is 5.82 Å². The number of halogens is 1. The van der Waals surface area contributed by atoms with Gasteiger partial charge in [-0.2, -0.15) is 5.10 Å². The van der Waals surface area contributed by atoms with E-state index in [1.807, 2.05) is 29.2 Å². The first-order chi connectivity index (χ1) is 33.7. The van der Waals surface area contributed by atoms with E-state index >= 15 is 4.39 Å². The number of fused-ring (bicyclic) bond motifs is 3. The van der Waals surface area contributed by atoms with Gasteiger partial charge in [0.25, 0.3) is 11.8 Å². The van der Waals surface area contributed by atoms with E-state index in [1.165, 1.54) is 20.9 Å². The Balaban J connectivity index is 0.697. The Labute approximate surface area is 400 Å². The molecule has 0 spiro atoms. The van der Waals surface area contributed by atoms with Crippen molar-refractivity contribution in [1.82, 2.24) is 49.7 Å². The van der Waals surface area contributed by atoms with E-state index in [0.717, 1.165) is 62.5 Å². The van der Waals surface area contributed by atoms with Gasteiger partial charge in [-0.3, -0.25) is 39.3 Å². The first kappa shape index (κ1) is 44.4. The van der Waals surface area contributed by atoms with Crippen LogP contribution in [0.25, 0.3) is 22.0 Å². The van der Waals surface area contributed by atoms with Crippen LogP contribution in [0.4, 0.5) is 15.3 Å². The van der Waals surface area contributed by atoms with Crippen LogP contribution >= 0.6 is 11.3 Å². The number of aromatic nitrogens is 6. The molecule has 5 aliphatic rings. The highest BCUT2D eigenvalue weighted by Crippen LogP contribution is 2.36. The van der Waals surface area contributed by atoms with Crippen LogP contribution in [0.5, 0.6) is 5.75 Å². The Hall–Kier alpha value is -7.06. The molecular weight excluding hydrogens is 904 g/mol. The molecule has 3 fully saturated rings. The molecule has 0 saturated carbocycles. The number of aryl methyl sites for hydroxylation is 1. The molecule has 11 rings (SSSR count). The zero-order valence-corrected chi connectivity index (χ0v) is 38.6. The zero-order valence-electron chi connectivity index (χ0n) is 37.8. The number of hydrogen-bond donors (Lipinski definition) is 3. The monoisotopic (exact) mass is 954 g/mol. The molecular formula is C49H51FN12O6S. The van der Waals surface area contributed by atoms with Crippen molar-refractivity contribution in [2.24, 2.45) is 0 Å². The third-order valence-electron chi connectivity index (χ3n) is 14.1. The molecule has 3 unspecified atom stereocenters. The van der Waals surface area contributed by atoms with Crippen molar-refractivity contribution in [3.63, 3.8) is 0 Å². The molecule has 3 atom stereocenters. The summed E-state index contributed by atoms with van der Waals surface area (Å²) >= 11 is 1.31. The lowest BCUT2D eigenvalue weighted by atomic mass is 10.0. The molecule has 18 nitrogen and oxygen atoms in total. The lowest BCUT2D eigenvalue weighted by Gasteiger charge is -2.37. The van der Waals surface area contributed by atoms with Crippen molar-refractivity contribution in [2.45, 2.75) is 95.1 Å². The summed E-state index contributed by atoms with van der Waals surface area (Å²) in [6.07, 6.45) is 12.1. The van der Waals surface area contributed by atoms with Crippen LogP contribution in [-0.4, -0.2) is 120 Å². The number of carbonyl (C=O) groups excluding carboxylic acids is 5. The van der Waals surface area contributed by atoms with Crippen LogP contribution in [-0.2, 0) is 38.7 Å². The van der Waals surface area contributed by atoms with Crippen molar-refractivity contribution >= 4 is 62.7 Å². The summed E-state index contributed by atoms with van der Waals surface area (Å²) in [7, 11) is 0. The Kier molecular flexibility index (Phi) is 12.1. The number of piperidine rings is 2. The van der Waals surface area contributed by atoms with Gasteiger partial charge in [0.15, 0.2) is 17.0 Å². The van der Waals surface area contributed by atoms with Crippen molar-refractivity contribution in [1.29, 1.82) is 0 Å². The summed E-state index contributed by atoms with van der Waals surface area (Å²) in [6, 6.07) is 11.2. The highest BCUT2D eigenvalue weighted by Gasteiger charge is 2.41. The SMILES string of the molecule is O=C1CCC(N2Cc3c(OC4CCN(C(=O)CCCC5CNCCN5c5ccc(-c6ccc7cn(C(C(=O)Nc8nccs8)c8ncn9c8CCC9)nc7c6F)cn5)CC4)cccc3C2=O)C(=O)N1. The molecule has 9 heterocycles. The predicted molar refractivity (Wildman–Crippen MR) is 253 cm³/mol. The van der Waals surface area contributed by atoms with Gasteiger partial charge in [0.2, 0.25) is 17.7 Å². The molecule has 0 aliphatic carbocycles. The number of likely N-dealkylation sites (tertiary alicyclic amines) is 1. The summed E-state index contributed by atoms with van der Waals surface area (Å²) in [5, 5.41) is 16.2. The van der Waals surface area contributed by atoms with Crippen LogP contribution in [0.3, 0.4) is 0 Å². The molecule has 3 N–H and O–H groups in total. The average Bonchev–Trinajstić information content (AvgIpc) is 4.22. The van der Waals surface area contributed by atoms with E-state index in [4.69, 9.17) is 9.72 Å². The highest BCUT2D eigenvalue weighted by atomic mass is 32.1. The van der Waals surface area contributed by atoms with Crippen LogP contribution in [0.2, 0.25) is 0 Å². The molecule has 356 valence electrons. The second-order valence-corrected chi connectivity index (χ2v) is 19.2. The number of carbonyl (C=O) groups is 5. The van der Waals surface area contributed by atoms with E-state index in [-0.39, 0.29) is 54.3 Å². The van der Waals surface area contributed by atoms with Gasteiger partial charge in [-0.05, 0) is 56.4 Å². The van der Waals surface area contributed by atoms with Gasteiger partial charge < -0.3 is 29.3 Å². The largest absolute Gasteiger partial charge is 0.490 e. The summed E-state index contributed by atoms with van der Waals surface area (Å²) < 4.78 is 26.5. The number of benzene rings is 2. The molecule has 6 aromatic rings. The molecule has 5 aliphatic heterocycles. The van der Waals surface area contributed by atoms with E-state index in [9.17, 15) is 24.0 Å². The Morgan fingerprint density at radius 1 is 0.957 bits per heavy atom. The third-order valence-corrected chi connectivity index (χ3v) is 14.8. The normalized spacial score (nSPS) is 20.0. The Bertz CT molecular complexity index is 2950. The summed E-state index contributed by atoms with van der Waals surface area (Å²) in [5.74, 6) is -0.371. The molecule has 20 heteroatoms. The van der Waals surface area contributed by atoms with Gasteiger partial charge in [0.1, 0.15) is 29.2 Å². The number of rotatable bonds is 13. The molecule has 0 radical (unpaired) electrons. The highest BCUT2D eigenvalue weighted by molar-refractivity contribution is 7.13. The van der Waals surface area contributed by atoms with Gasteiger partial charge in [0.05, 0.1) is 18.6 Å². The second-order valence-electron chi connectivity index (χ2n) is 18.3. The maximum Gasteiger partial charge on any atom is 0.257 e. The lowest BCUT2D eigenvalue weighted by Crippen LogP contribution is -2.52. The fourth-order valence-electron chi connectivity index (χ4n) is 10.5. The number of nitrogens with one attached hydrogen (secondary N) is 3. The average molecular weight is 955 g/mol. The first-order valence-electron chi connectivity index (χ1n) is 23.7. The zero-order chi connectivity index (χ0) is 47.2. The number of hydrogen-bond acceptors (Lipinski definition) is 13. The number of ether oxygens (including phenoxy) is 1. The molecule has 2 aromatic carbocycles. The molecule has 3 saturated heterocycles. The standard InChI is InChI=1S/C49H51FN12O6S/c50-42-33(11-9-30-26-62(57-43(30)42)45(47(66)56-49-52-18-23-69-49)44-36-6-3-19-59(36)28-54-44)29-10-13-39(53-24-29)60-22-17-51-25-31(60)4-1-8-41(64)58-20-15-32(16-21-58)68-38-7-2-5-34-35(38)27-61(48(34)67)37-12-14-40(63)55-46(37)65/h2,5,7,9-11,13,18,23-24,26,28,31-32,37,45,51H,1,3-4,6,8,12,14-17,19-22,25,27H2,(H,52,56,66)(H,55,63,65). The summed E-state index contributed by atoms with van der Waals surface area (Å²) in [4.78, 5) is 84.2. The van der Waals surface area contributed by atoms with E-state index < -0.39 is 23.8 Å². The number of nitrogens with zero attached hydrogens (tertiary/aromatic N) is 9. The molecule has 4 aromatic heterocycles. The number of anilines is 2. The lowest BCUT2D eigenvalue weighted by molar-refractivity contribution is -0.137. The predicted octanol–water partition coefficient (Wildman–Crippen LogP) is 4.84. The minimum absolute atomic E-state index is 0.112. The first-order valence-corrected chi connectivity index (χ1v) is 24.6. The Morgan fingerprint density at radius 3 is 2.65 bits per heavy atom. The number of piperazine rings is 1. The minimum Gasteiger partial charge on any atom is -0.490 e. The number of imide groups is 1. The molecule has 0 bridgehead atoms. The topological polar surface area (TPSA) is 202 Å². The summed E-state index contributed by atoms with van der Waals surface area (Å²) in [6.45, 7) is 4.48. The quantitative estimate of drug-likeness (QED) is 0.133. The fourth-order valence-corrected chi connectivity index (χ4v) is 11.1. The Morgan fingerprint density at radius 2 is 1.84 bits per heavy atom. The number of thiazole rings is 1. The third kappa shape index (κ3) is 8.71. The van der Waals surface area contributed by atoms with Gasteiger partial charge in [-0.1, -0.05) is 18.2 Å². The van der Waals surface area contributed by atoms with E-state index in [2.05, 4.69) is 40.5 Å². The van der Waals surface area contributed by atoms with Crippen molar-refractivity contribution in [3.8, 4) is 16.9 Å². The van der Waals surface area contributed by atoms with Gasteiger partial charge >= 0.3 is 0 Å². The second kappa shape index (κ2) is 18.8. The molecule has 5 amide bonds. The maximum absolute atomic E-state index is 16.5.